The number of carboxylic acids is 1. The second-order valence-corrected chi connectivity index (χ2v) is 4.85. The zero-order valence-electron chi connectivity index (χ0n) is 10.9. The molecule has 0 radical (unpaired) electrons. The van der Waals surface area contributed by atoms with Crippen molar-refractivity contribution in [3.05, 3.63) is 35.9 Å². The van der Waals surface area contributed by atoms with Crippen molar-refractivity contribution in [1.29, 1.82) is 0 Å². The number of hydrogen-bond acceptors (Lipinski definition) is 3. The van der Waals surface area contributed by atoms with Crippen LogP contribution < -0.4 is 5.73 Å². The molecule has 0 bridgehead atoms. The molecule has 102 valence electrons. The molecule has 1 saturated heterocycles. The van der Waals surface area contributed by atoms with Crippen LogP contribution in [0.3, 0.4) is 0 Å². The van der Waals surface area contributed by atoms with Crippen molar-refractivity contribution in [2.24, 2.45) is 5.73 Å². The maximum absolute atomic E-state index is 12.1. The van der Waals surface area contributed by atoms with Crippen molar-refractivity contribution in [3.8, 4) is 0 Å². The lowest BCUT2D eigenvalue weighted by Gasteiger charge is -2.38. The third kappa shape index (κ3) is 2.10. The fraction of sp³-hybridized carbons (Fsp3) is 0.429. The number of benzene rings is 1. The van der Waals surface area contributed by atoms with E-state index in [1.165, 1.54) is 4.90 Å². The van der Waals surface area contributed by atoms with Crippen LogP contribution in [-0.4, -0.2) is 34.5 Å². The predicted octanol–water partition coefficient (Wildman–Crippen LogP) is 0.936. The third-order valence-corrected chi connectivity index (χ3v) is 3.73. The highest BCUT2D eigenvalue weighted by molar-refractivity contribution is 5.89. The first-order chi connectivity index (χ1) is 9.02. The van der Waals surface area contributed by atoms with Crippen molar-refractivity contribution in [2.45, 2.75) is 31.3 Å². The smallest absolute Gasteiger partial charge is 0.334 e. The Bertz CT molecular complexity index is 489. The van der Waals surface area contributed by atoms with Gasteiger partial charge in [0.25, 0.3) is 0 Å². The summed E-state index contributed by atoms with van der Waals surface area (Å²) in [6.07, 6.45) is 0.521. The van der Waals surface area contributed by atoms with Gasteiger partial charge >= 0.3 is 5.97 Å². The molecule has 1 fully saturated rings. The topological polar surface area (TPSA) is 83.6 Å². The summed E-state index contributed by atoms with van der Waals surface area (Å²) in [5, 5.41) is 9.71. The molecule has 0 aliphatic carbocycles. The van der Waals surface area contributed by atoms with Crippen LogP contribution in [0.2, 0.25) is 0 Å². The lowest BCUT2D eigenvalue weighted by Crippen LogP contribution is -2.53. The molecule has 19 heavy (non-hydrogen) atoms. The molecule has 1 aromatic rings. The van der Waals surface area contributed by atoms with Crippen LogP contribution >= 0.6 is 0 Å². The maximum Gasteiger partial charge on any atom is 0.334 e. The minimum Gasteiger partial charge on any atom is -0.479 e. The zero-order valence-corrected chi connectivity index (χ0v) is 10.9. The Balaban J connectivity index is 2.52. The quantitative estimate of drug-likeness (QED) is 0.845. The number of amides is 1. The Morgan fingerprint density at radius 3 is 2.53 bits per heavy atom. The average Bonchev–Trinajstić information content (AvgIpc) is 2.72. The van der Waals surface area contributed by atoms with Crippen molar-refractivity contribution >= 4 is 11.9 Å². The molecule has 1 aromatic carbocycles. The highest BCUT2D eigenvalue weighted by atomic mass is 16.4. The molecule has 5 nitrogen and oxygen atoms in total. The number of rotatable bonds is 4. The lowest BCUT2D eigenvalue weighted by atomic mass is 9.85. The van der Waals surface area contributed by atoms with Gasteiger partial charge in [0.05, 0.1) is 0 Å². The molecule has 0 aromatic heterocycles. The molecule has 0 spiro atoms. The molecule has 1 amide bonds. The van der Waals surface area contributed by atoms with E-state index in [0.29, 0.717) is 12.0 Å². The third-order valence-electron chi connectivity index (χ3n) is 3.73. The molecule has 3 N–H and O–H groups in total. The number of aliphatic carboxylic acids is 1. The van der Waals surface area contributed by atoms with E-state index in [4.69, 9.17) is 5.73 Å². The summed E-state index contributed by atoms with van der Waals surface area (Å²) in [5.74, 6) is -1.20. The van der Waals surface area contributed by atoms with E-state index < -0.39 is 11.5 Å². The summed E-state index contributed by atoms with van der Waals surface area (Å²) in [6.45, 7) is 2.06. The van der Waals surface area contributed by atoms with Crippen LogP contribution in [0.1, 0.15) is 25.3 Å². The minimum absolute atomic E-state index is 0.194. The molecule has 5 heteroatoms. The lowest BCUT2D eigenvalue weighted by molar-refractivity contribution is -0.158. The van der Waals surface area contributed by atoms with Gasteiger partial charge < -0.3 is 15.7 Å². The molecule has 2 atom stereocenters. The highest BCUT2D eigenvalue weighted by Gasteiger charge is 2.49. The van der Waals surface area contributed by atoms with Crippen LogP contribution in [0.15, 0.2) is 30.3 Å². The van der Waals surface area contributed by atoms with Gasteiger partial charge in [-0.1, -0.05) is 37.3 Å². The van der Waals surface area contributed by atoms with E-state index in [0.717, 1.165) is 0 Å². The zero-order chi connectivity index (χ0) is 14.0. The molecular weight excluding hydrogens is 244 g/mol. The summed E-state index contributed by atoms with van der Waals surface area (Å²) >= 11 is 0. The Labute approximate surface area is 112 Å². The largest absolute Gasteiger partial charge is 0.479 e. The van der Waals surface area contributed by atoms with E-state index in [-0.39, 0.29) is 24.9 Å². The van der Waals surface area contributed by atoms with Crippen LogP contribution in [0.5, 0.6) is 0 Å². The normalized spacial score (nSPS) is 22.3. The van der Waals surface area contributed by atoms with Gasteiger partial charge in [-0.05, 0) is 12.0 Å². The van der Waals surface area contributed by atoms with Gasteiger partial charge in [0.1, 0.15) is 0 Å². The van der Waals surface area contributed by atoms with Gasteiger partial charge in [0.15, 0.2) is 5.54 Å². The van der Waals surface area contributed by atoms with Gasteiger partial charge in [-0.25, -0.2) is 4.79 Å². The number of carbonyl (C=O) groups is 2. The Morgan fingerprint density at radius 1 is 1.47 bits per heavy atom. The van der Waals surface area contributed by atoms with Crippen LogP contribution in [0.25, 0.3) is 0 Å². The summed E-state index contributed by atoms with van der Waals surface area (Å²) in [4.78, 5) is 25.3. The molecule has 1 aliphatic heterocycles. The van der Waals surface area contributed by atoms with Gasteiger partial charge in [-0.15, -0.1) is 0 Å². The van der Waals surface area contributed by atoms with Gasteiger partial charge in [0, 0.05) is 19.0 Å². The van der Waals surface area contributed by atoms with Crippen molar-refractivity contribution in [3.63, 3.8) is 0 Å². The number of carboxylic acid groups (broad SMARTS) is 1. The fourth-order valence-corrected chi connectivity index (χ4v) is 2.76. The number of nitrogens with zero attached hydrogens (tertiary/aromatic N) is 1. The summed E-state index contributed by atoms with van der Waals surface area (Å²) < 4.78 is 0. The number of likely N-dealkylation sites (tertiary alicyclic amines) is 1. The SMILES string of the molecule is CCC(C(=O)O)(c1ccccc1)N1CC(N)CC1=O. The van der Waals surface area contributed by atoms with Crippen LogP contribution in [-0.2, 0) is 15.1 Å². The van der Waals surface area contributed by atoms with Crippen molar-refractivity contribution < 1.29 is 14.7 Å². The number of hydrogen-bond donors (Lipinski definition) is 2. The standard InChI is InChI=1S/C14H18N2O3/c1-2-14(13(18)19,10-6-4-3-5-7-10)16-9-11(15)8-12(16)17/h3-7,11H,2,8-9,15H2,1H3,(H,18,19). The van der Waals surface area contributed by atoms with Gasteiger partial charge in [0.2, 0.25) is 5.91 Å². The Hall–Kier alpha value is -1.88. The fourth-order valence-electron chi connectivity index (χ4n) is 2.76. The molecular formula is C14H18N2O3. The number of nitrogens with two attached hydrogens (primary N) is 1. The molecule has 2 rings (SSSR count). The minimum atomic E-state index is -1.31. The highest BCUT2D eigenvalue weighted by Crippen LogP contribution is 2.35. The van der Waals surface area contributed by atoms with Gasteiger partial charge in [-0.2, -0.15) is 0 Å². The van der Waals surface area contributed by atoms with Crippen LogP contribution in [0.4, 0.5) is 0 Å². The van der Waals surface area contributed by atoms with E-state index >= 15 is 0 Å². The molecule has 1 heterocycles. The second-order valence-electron chi connectivity index (χ2n) is 4.85. The van der Waals surface area contributed by atoms with Crippen LogP contribution in [0, 0.1) is 0 Å². The Kier molecular flexibility index (Phi) is 3.57. The average molecular weight is 262 g/mol. The molecule has 1 aliphatic rings. The maximum atomic E-state index is 12.1. The first-order valence-electron chi connectivity index (χ1n) is 6.37. The van der Waals surface area contributed by atoms with Crippen molar-refractivity contribution in [2.75, 3.05) is 6.54 Å². The van der Waals surface area contributed by atoms with Crippen molar-refractivity contribution in [1.82, 2.24) is 4.90 Å². The van der Waals surface area contributed by atoms with E-state index in [2.05, 4.69) is 0 Å². The van der Waals surface area contributed by atoms with Gasteiger partial charge in [-0.3, -0.25) is 4.79 Å². The summed E-state index contributed by atoms with van der Waals surface area (Å²) in [5.41, 5.74) is 5.09. The summed E-state index contributed by atoms with van der Waals surface area (Å²) in [7, 11) is 0. The monoisotopic (exact) mass is 262 g/mol. The van der Waals surface area contributed by atoms with E-state index in [9.17, 15) is 14.7 Å². The second kappa shape index (κ2) is 5.01. The molecule has 0 saturated carbocycles. The molecule has 2 unspecified atom stereocenters. The Morgan fingerprint density at radius 2 is 2.11 bits per heavy atom. The summed E-state index contributed by atoms with van der Waals surface area (Å²) in [6, 6.07) is 8.58. The van der Waals surface area contributed by atoms with E-state index in [1.54, 1.807) is 31.2 Å². The first kappa shape index (κ1) is 13.5. The predicted molar refractivity (Wildman–Crippen MR) is 70.4 cm³/mol. The first-order valence-corrected chi connectivity index (χ1v) is 6.37. The number of carbonyl (C=O) groups excluding carboxylic acids is 1. The van der Waals surface area contributed by atoms with E-state index in [1.807, 2.05) is 6.07 Å².